The molecule has 3 rings (SSSR count). The largest absolute Gasteiger partial charge is 0.508 e. The lowest BCUT2D eigenvalue weighted by Gasteiger charge is -2.34. The maximum Gasteiger partial charge on any atom is 0.234 e. The standard InChI is InChI=1S/C20H31N3O2/c1-2-22-13-9-18(10-14-22)21-20(25)15-23-11-7-17(8-12-23)16-3-5-19(24)6-4-16/h3-6,17-18,24H,2,7-15H2,1H3,(H,21,25). The first-order valence-corrected chi connectivity index (χ1v) is 9.67. The van der Waals surface area contributed by atoms with Crippen molar-refractivity contribution < 1.29 is 9.90 Å². The fraction of sp³-hybridized carbons (Fsp3) is 0.650. The lowest BCUT2D eigenvalue weighted by molar-refractivity contribution is -0.123. The van der Waals surface area contributed by atoms with Crippen molar-refractivity contribution in [2.45, 2.75) is 44.6 Å². The maximum atomic E-state index is 12.3. The van der Waals surface area contributed by atoms with Gasteiger partial charge in [0.15, 0.2) is 0 Å². The fourth-order valence-electron chi connectivity index (χ4n) is 4.04. The molecule has 0 saturated carbocycles. The Labute approximate surface area is 151 Å². The molecule has 2 saturated heterocycles. The molecular formula is C20H31N3O2. The van der Waals surface area contributed by atoms with E-state index in [2.05, 4.69) is 22.0 Å². The Hall–Kier alpha value is -1.59. The molecule has 5 heteroatoms. The van der Waals surface area contributed by atoms with Gasteiger partial charge in [-0.25, -0.2) is 0 Å². The lowest BCUT2D eigenvalue weighted by atomic mass is 9.89. The van der Waals surface area contributed by atoms with Crippen LogP contribution in [0.25, 0.3) is 0 Å². The summed E-state index contributed by atoms with van der Waals surface area (Å²) in [5.74, 6) is 1.04. The van der Waals surface area contributed by atoms with E-state index in [9.17, 15) is 9.90 Å². The molecule has 0 unspecified atom stereocenters. The van der Waals surface area contributed by atoms with Crippen LogP contribution < -0.4 is 5.32 Å². The molecule has 2 heterocycles. The van der Waals surface area contributed by atoms with Gasteiger partial charge in [0, 0.05) is 19.1 Å². The molecule has 0 aliphatic carbocycles. The monoisotopic (exact) mass is 345 g/mol. The average molecular weight is 345 g/mol. The molecule has 1 aromatic carbocycles. The van der Waals surface area contributed by atoms with Crippen LogP contribution in [0, 0.1) is 0 Å². The summed E-state index contributed by atoms with van der Waals surface area (Å²) in [7, 11) is 0. The van der Waals surface area contributed by atoms with Crippen molar-refractivity contribution in [1.29, 1.82) is 0 Å². The molecule has 0 atom stereocenters. The van der Waals surface area contributed by atoms with Crippen LogP contribution in [0.5, 0.6) is 5.75 Å². The second-order valence-corrected chi connectivity index (χ2v) is 7.42. The van der Waals surface area contributed by atoms with Gasteiger partial charge in [0.1, 0.15) is 5.75 Å². The minimum Gasteiger partial charge on any atom is -0.508 e. The number of rotatable bonds is 5. The zero-order valence-corrected chi connectivity index (χ0v) is 15.3. The molecule has 0 aromatic heterocycles. The molecule has 0 spiro atoms. The molecule has 2 aliphatic heterocycles. The van der Waals surface area contributed by atoms with Crippen molar-refractivity contribution in [2.24, 2.45) is 0 Å². The van der Waals surface area contributed by atoms with E-state index >= 15 is 0 Å². The number of phenols is 1. The van der Waals surface area contributed by atoms with Crippen LogP contribution >= 0.6 is 0 Å². The maximum absolute atomic E-state index is 12.3. The third-order valence-electron chi connectivity index (χ3n) is 5.72. The SMILES string of the molecule is CCN1CCC(NC(=O)CN2CCC(c3ccc(O)cc3)CC2)CC1. The van der Waals surface area contributed by atoms with Gasteiger partial charge in [0.2, 0.25) is 5.91 Å². The van der Waals surface area contributed by atoms with Crippen molar-refractivity contribution >= 4 is 5.91 Å². The van der Waals surface area contributed by atoms with E-state index in [1.807, 2.05) is 12.1 Å². The van der Waals surface area contributed by atoms with Gasteiger partial charge in [0.25, 0.3) is 0 Å². The molecule has 0 radical (unpaired) electrons. The summed E-state index contributed by atoms with van der Waals surface area (Å²) in [5, 5.41) is 12.6. The molecule has 0 bridgehead atoms. The molecule has 2 fully saturated rings. The summed E-state index contributed by atoms with van der Waals surface area (Å²) in [6.45, 7) is 7.95. The number of nitrogens with one attached hydrogen (secondary N) is 1. The summed E-state index contributed by atoms with van der Waals surface area (Å²) >= 11 is 0. The summed E-state index contributed by atoms with van der Waals surface area (Å²) in [5.41, 5.74) is 1.30. The first kappa shape index (κ1) is 18.2. The molecule has 1 amide bonds. The van der Waals surface area contributed by atoms with Gasteiger partial charge >= 0.3 is 0 Å². The second-order valence-electron chi connectivity index (χ2n) is 7.42. The Morgan fingerprint density at radius 1 is 1.04 bits per heavy atom. The van der Waals surface area contributed by atoms with Crippen molar-refractivity contribution in [1.82, 2.24) is 15.1 Å². The van der Waals surface area contributed by atoms with Crippen LogP contribution in [0.3, 0.4) is 0 Å². The number of nitrogens with zero attached hydrogens (tertiary/aromatic N) is 2. The first-order chi connectivity index (χ1) is 12.1. The smallest absolute Gasteiger partial charge is 0.234 e. The normalized spacial score (nSPS) is 21.3. The van der Waals surface area contributed by atoms with E-state index in [0.29, 0.717) is 24.3 Å². The third-order valence-corrected chi connectivity index (χ3v) is 5.72. The Morgan fingerprint density at radius 3 is 2.24 bits per heavy atom. The summed E-state index contributed by atoms with van der Waals surface area (Å²) in [4.78, 5) is 17.0. The first-order valence-electron chi connectivity index (χ1n) is 9.67. The Bertz CT molecular complexity index is 545. The van der Waals surface area contributed by atoms with E-state index in [0.717, 1.165) is 58.4 Å². The summed E-state index contributed by atoms with van der Waals surface area (Å²) in [6.07, 6.45) is 4.30. The fourth-order valence-corrected chi connectivity index (χ4v) is 4.04. The predicted molar refractivity (Wildman–Crippen MR) is 99.8 cm³/mol. The third kappa shape index (κ3) is 5.19. The molecule has 25 heavy (non-hydrogen) atoms. The zero-order valence-electron chi connectivity index (χ0n) is 15.3. The van der Waals surface area contributed by atoms with Gasteiger partial charge in [0.05, 0.1) is 6.54 Å². The lowest BCUT2D eigenvalue weighted by Crippen LogP contribution is -2.48. The van der Waals surface area contributed by atoms with Gasteiger partial charge in [-0.15, -0.1) is 0 Å². The quantitative estimate of drug-likeness (QED) is 0.859. The number of benzene rings is 1. The van der Waals surface area contributed by atoms with Crippen LogP contribution in [0.2, 0.25) is 0 Å². The number of piperidine rings is 2. The van der Waals surface area contributed by atoms with Gasteiger partial charge in [-0.1, -0.05) is 19.1 Å². The van der Waals surface area contributed by atoms with E-state index in [-0.39, 0.29) is 5.91 Å². The Morgan fingerprint density at radius 2 is 1.64 bits per heavy atom. The van der Waals surface area contributed by atoms with Gasteiger partial charge in [-0.05, 0) is 68.9 Å². The minimum absolute atomic E-state index is 0.179. The van der Waals surface area contributed by atoms with Gasteiger partial charge in [-0.2, -0.15) is 0 Å². The predicted octanol–water partition coefficient (Wildman–Crippen LogP) is 2.17. The van der Waals surface area contributed by atoms with Crippen LogP contribution in [-0.2, 0) is 4.79 Å². The van der Waals surface area contributed by atoms with Crippen LogP contribution in [0.1, 0.15) is 44.1 Å². The number of aromatic hydroxyl groups is 1. The molecule has 2 aliphatic rings. The molecule has 138 valence electrons. The van der Waals surface area contributed by atoms with Crippen LogP contribution in [-0.4, -0.2) is 66.1 Å². The van der Waals surface area contributed by atoms with E-state index in [1.54, 1.807) is 12.1 Å². The number of hydrogen-bond donors (Lipinski definition) is 2. The number of hydrogen-bond acceptors (Lipinski definition) is 4. The van der Waals surface area contributed by atoms with Crippen molar-refractivity contribution in [3.63, 3.8) is 0 Å². The highest BCUT2D eigenvalue weighted by Crippen LogP contribution is 2.28. The average Bonchev–Trinajstić information content (AvgIpc) is 2.64. The van der Waals surface area contributed by atoms with Crippen molar-refractivity contribution in [3.8, 4) is 5.75 Å². The minimum atomic E-state index is 0.179. The van der Waals surface area contributed by atoms with E-state index < -0.39 is 0 Å². The van der Waals surface area contributed by atoms with Gasteiger partial charge < -0.3 is 15.3 Å². The zero-order chi connectivity index (χ0) is 17.6. The highest BCUT2D eigenvalue weighted by Gasteiger charge is 2.24. The Balaban J connectivity index is 1.38. The van der Waals surface area contributed by atoms with Crippen molar-refractivity contribution in [2.75, 3.05) is 39.3 Å². The molecular weight excluding hydrogens is 314 g/mol. The highest BCUT2D eigenvalue weighted by atomic mass is 16.3. The van der Waals surface area contributed by atoms with Crippen molar-refractivity contribution in [3.05, 3.63) is 29.8 Å². The van der Waals surface area contributed by atoms with Crippen LogP contribution in [0.15, 0.2) is 24.3 Å². The summed E-state index contributed by atoms with van der Waals surface area (Å²) < 4.78 is 0. The topological polar surface area (TPSA) is 55.8 Å². The number of likely N-dealkylation sites (tertiary alicyclic amines) is 2. The van der Waals surface area contributed by atoms with E-state index in [1.165, 1.54) is 5.56 Å². The molecule has 5 nitrogen and oxygen atoms in total. The highest BCUT2D eigenvalue weighted by molar-refractivity contribution is 5.78. The molecule has 1 aromatic rings. The van der Waals surface area contributed by atoms with Crippen LogP contribution in [0.4, 0.5) is 0 Å². The number of carbonyl (C=O) groups is 1. The number of carbonyl (C=O) groups excluding carboxylic acids is 1. The number of phenolic OH excluding ortho intramolecular Hbond substituents is 1. The van der Waals surface area contributed by atoms with E-state index in [4.69, 9.17) is 0 Å². The Kier molecular flexibility index (Phi) is 6.32. The number of amides is 1. The van der Waals surface area contributed by atoms with Gasteiger partial charge in [-0.3, -0.25) is 9.69 Å². The summed E-state index contributed by atoms with van der Waals surface area (Å²) in [6, 6.07) is 7.92. The second kappa shape index (κ2) is 8.68. The molecule has 2 N–H and O–H groups in total.